The smallest absolute Gasteiger partial charge is 0.134 e. The molecule has 0 saturated heterocycles. The summed E-state index contributed by atoms with van der Waals surface area (Å²) in [7, 11) is 0. The highest BCUT2D eigenvalue weighted by Gasteiger charge is 2.25. The number of thioether (sulfide) groups is 1. The molecule has 5 heteroatoms. The Morgan fingerprint density at radius 3 is 2.20 bits per heavy atom. The zero-order valence-electron chi connectivity index (χ0n) is 13.4. The highest BCUT2D eigenvalue weighted by Crippen LogP contribution is 2.31. The van der Waals surface area contributed by atoms with Crippen molar-refractivity contribution in [1.29, 1.82) is 0 Å². The number of nitrogens with zero attached hydrogens (tertiary/aromatic N) is 2. The van der Waals surface area contributed by atoms with Crippen LogP contribution in [0, 0.1) is 6.92 Å². The van der Waals surface area contributed by atoms with E-state index >= 15 is 0 Å². The summed E-state index contributed by atoms with van der Waals surface area (Å²) in [5.41, 5.74) is 1.10. The predicted octanol–water partition coefficient (Wildman–Crippen LogP) is 3.94. The maximum atomic E-state index is 4.38. The summed E-state index contributed by atoms with van der Waals surface area (Å²) < 4.78 is 0.286. The first kappa shape index (κ1) is 17.1. The molecule has 2 N–H and O–H groups in total. The van der Waals surface area contributed by atoms with Crippen LogP contribution in [0.4, 0.5) is 11.6 Å². The van der Waals surface area contributed by atoms with Crippen LogP contribution in [0.5, 0.6) is 0 Å². The van der Waals surface area contributed by atoms with Crippen molar-refractivity contribution in [3.05, 3.63) is 11.9 Å². The number of aromatic nitrogens is 2. The molecule has 114 valence electrons. The van der Waals surface area contributed by atoms with Crippen molar-refractivity contribution >= 4 is 23.4 Å². The lowest BCUT2D eigenvalue weighted by Gasteiger charge is -2.30. The van der Waals surface area contributed by atoms with Crippen molar-refractivity contribution < 1.29 is 0 Å². The molecule has 1 heterocycles. The molecule has 0 aromatic carbocycles. The SMILES string of the molecule is CCCNc1ncnc(NCC(CC)(CC)SC)c1C. The van der Waals surface area contributed by atoms with E-state index < -0.39 is 0 Å². The van der Waals surface area contributed by atoms with Gasteiger partial charge in [0, 0.05) is 23.4 Å². The average Bonchev–Trinajstić information content (AvgIpc) is 2.49. The maximum Gasteiger partial charge on any atom is 0.134 e. The average molecular weight is 296 g/mol. The fraction of sp³-hybridized carbons (Fsp3) is 0.733. The predicted molar refractivity (Wildman–Crippen MR) is 90.9 cm³/mol. The van der Waals surface area contributed by atoms with Crippen LogP contribution in [0.25, 0.3) is 0 Å². The molecule has 0 fully saturated rings. The van der Waals surface area contributed by atoms with Crippen LogP contribution in [-0.4, -0.2) is 34.1 Å². The fourth-order valence-electron chi connectivity index (χ4n) is 2.16. The Balaban J connectivity index is 2.77. The van der Waals surface area contributed by atoms with Crippen LogP contribution in [0.15, 0.2) is 6.33 Å². The van der Waals surface area contributed by atoms with E-state index in [-0.39, 0.29) is 4.75 Å². The third-order valence-electron chi connectivity index (χ3n) is 3.93. The molecule has 4 nitrogen and oxygen atoms in total. The van der Waals surface area contributed by atoms with Crippen molar-refractivity contribution in [3.63, 3.8) is 0 Å². The van der Waals surface area contributed by atoms with Crippen molar-refractivity contribution in [1.82, 2.24) is 9.97 Å². The van der Waals surface area contributed by atoms with Crippen LogP contribution in [-0.2, 0) is 0 Å². The molecule has 0 aliphatic heterocycles. The van der Waals surface area contributed by atoms with Crippen LogP contribution in [0.1, 0.15) is 45.6 Å². The Labute approximate surface area is 127 Å². The molecule has 0 atom stereocenters. The summed E-state index contributed by atoms with van der Waals surface area (Å²) in [6.07, 6.45) is 7.22. The molecule has 0 bridgehead atoms. The monoisotopic (exact) mass is 296 g/mol. The van der Waals surface area contributed by atoms with Gasteiger partial charge in [0.25, 0.3) is 0 Å². The van der Waals surface area contributed by atoms with E-state index in [0.717, 1.165) is 49.6 Å². The normalized spacial score (nSPS) is 11.4. The summed E-state index contributed by atoms with van der Waals surface area (Å²) >= 11 is 1.94. The van der Waals surface area contributed by atoms with Crippen LogP contribution >= 0.6 is 11.8 Å². The standard InChI is InChI=1S/C15H28N4S/c1-6-9-16-13-12(4)14(19-11-18-13)17-10-15(7-2,8-3)20-5/h11H,6-10H2,1-5H3,(H2,16,17,18,19). The minimum absolute atomic E-state index is 0.286. The summed E-state index contributed by atoms with van der Waals surface area (Å²) in [6, 6.07) is 0. The molecule has 1 rings (SSSR count). The van der Waals surface area contributed by atoms with Gasteiger partial charge < -0.3 is 10.6 Å². The van der Waals surface area contributed by atoms with E-state index in [1.165, 1.54) is 0 Å². The largest absolute Gasteiger partial charge is 0.370 e. The molecule has 0 aliphatic rings. The zero-order chi connectivity index (χ0) is 15.0. The Bertz CT molecular complexity index is 397. The second-order valence-electron chi connectivity index (χ2n) is 5.07. The highest BCUT2D eigenvalue weighted by molar-refractivity contribution is 8.00. The zero-order valence-corrected chi connectivity index (χ0v) is 14.2. The van der Waals surface area contributed by atoms with Crippen molar-refractivity contribution in [3.8, 4) is 0 Å². The van der Waals surface area contributed by atoms with E-state index in [9.17, 15) is 0 Å². The lowest BCUT2D eigenvalue weighted by Crippen LogP contribution is -2.32. The number of hydrogen-bond acceptors (Lipinski definition) is 5. The molecule has 0 radical (unpaired) electrons. The Kier molecular flexibility index (Phi) is 7.13. The first-order valence-corrected chi connectivity index (χ1v) is 8.69. The maximum absolute atomic E-state index is 4.38. The highest BCUT2D eigenvalue weighted by atomic mass is 32.2. The molecule has 0 unspecified atom stereocenters. The van der Waals surface area contributed by atoms with Crippen molar-refractivity contribution in [2.24, 2.45) is 0 Å². The molecular formula is C15H28N4S. The number of anilines is 2. The lowest BCUT2D eigenvalue weighted by atomic mass is 10.0. The molecule has 20 heavy (non-hydrogen) atoms. The number of rotatable bonds is 9. The molecular weight excluding hydrogens is 268 g/mol. The minimum atomic E-state index is 0.286. The molecule has 1 aromatic rings. The van der Waals surface area contributed by atoms with Gasteiger partial charge in [0.05, 0.1) is 0 Å². The van der Waals surface area contributed by atoms with Crippen LogP contribution < -0.4 is 10.6 Å². The second-order valence-corrected chi connectivity index (χ2v) is 6.34. The van der Waals surface area contributed by atoms with E-state index in [4.69, 9.17) is 0 Å². The number of hydrogen-bond donors (Lipinski definition) is 2. The van der Waals surface area contributed by atoms with Gasteiger partial charge >= 0.3 is 0 Å². The number of nitrogens with one attached hydrogen (secondary N) is 2. The van der Waals surface area contributed by atoms with Crippen LogP contribution in [0.2, 0.25) is 0 Å². The van der Waals surface area contributed by atoms with Gasteiger partial charge in [-0.05, 0) is 32.4 Å². The van der Waals surface area contributed by atoms with Gasteiger partial charge in [0.2, 0.25) is 0 Å². The van der Waals surface area contributed by atoms with E-state index in [2.05, 4.69) is 54.6 Å². The Morgan fingerprint density at radius 1 is 1.10 bits per heavy atom. The fourth-order valence-corrected chi connectivity index (χ4v) is 2.95. The minimum Gasteiger partial charge on any atom is -0.370 e. The van der Waals surface area contributed by atoms with Gasteiger partial charge in [-0.1, -0.05) is 20.8 Å². The van der Waals surface area contributed by atoms with Gasteiger partial charge in [0.15, 0.2) is 0 Å². The van der Waals surface area contributed by atoms with Gasteiger partial charge in [-0.3, -0.25) is 0 Å². The second kappa shape index (κ2) is 8.35. The summed E-state index contributed by atoms with van der Waals surface area (Å²) in [6.45, 7) is 10.6. The van der Waals surface area contributed by atoms with E-state index in [1.54, 1.807) is 6.33 Å². The Morgan fingerprint density at radius 2 is 1.70 bits per heavy atom. The third kappa shape index (κ3) is 4.27. The summed E-state index contributed by atoms with van der Waals surface area (Å²) in [4.78, 5) is 8.70. The molecule has 0 spiro atoms. The van der Waals surface area contributed by atoms with Crippen molar-refractivity contribution in [2.45, 2.75) is 51.7 Å². The van der Waals surface area contributed by atoms with Crippen LogP contribution in [0.3, 0.4) is 0 Å². The van der Waals surface area contributed by atoms with E-state index in [0.29, 0.717) is 0 Å². The first-order valence-electron chi connectivity index (χ1n) is 7.47. The quantitative estimate of drug-likeness (QED) is 0.723. The molecule has 0 saturated carbocycles. The van der Waals surface area contributed by atoms with Gasteiger partial charge in [0.1, 0.15) is 18.0 Å². The van der Waals surface area contributed by atoms with Gasteiger partial charge in [-0.15, -0.1) is 0 Å². The molecule has 0 amide bonds. The topological polar surface area (TPSA) is 49.8 Å². The van der Waals surface area contributed by atoms with Gasteiger partial charge in [-0.2, -0.15) is 11.8 Å². The third-order valence-corrected chi connectivity index (χ3v) is 5.51. The summed E-state index contributed by atoms with van der Waals surface area (Å²) in [5.74, 6) is 1.88. The lowest BCUT2D eigenvalue weighted by molar-refractivity contribution is 0.573. The van der Waals surface area contributed by atoms with Crippen molar-refractivity contribution in [2.75, 3.05) is 30.0 Å². The van der Waals surface area contributed by atoms with E-state index in [1.807, 2.05) is 11.8 Å². The van der Waals surface area contributed by atoms with Gasteiger partial charge in [-0.25, -0.2) is 9.97 Å². The first-order chi connectivity index (χ1) is 9.62. The summed E-state index contributed by atoms with van der Waals surface area (Å²) in [5, 5.41) is 6.86. The molecule has 1 aromatic heterocycles. The Hall–Kier alpha value is -0.970. The molecule has 0 aliphatic carbocycles.